The normalized spacial score (nSPS) is 23.0. The SMILES string of the molecule is CC(=O)c1ccc(NC(=O)COC(=O)[C@H](C)N2C(=O)[C@@H]3C4c5ccccc5C(c5ccccc54)[C@H]3C2=O)cc1. The van der Waals surface area contributed by atoms with Crippen LogP contribution in [0.2, 0.25) is 0 Å². The Balaban J connectivity index is 1.18. The molecule has 4 aliphatic rings. The van der Waals surface area contributed by atoms with Crippen molar-refractivity contribution in [3.8, 4) is 0 Å². The van der Waals surface area contributed by atoms with Gasteiger partial charge in [-0.25, -0.2) is 4.79 Å². The highest BCUT2D eigenvalue weighted by atomic mass is 16.5. The number of ether oxygens (including phenoxy) is 1. The van der Waals surface area contributed by atoms with Crippen molar-refractivity contribution in [2.75, 3.05) is 11.9 Å². The van der Waals surface area contributed by atoms with E-state index in [9.17, 15) is 24.0 Å². The van der Waals surface area contributed by atoms with E-state index in [1.165, 1.54) is 13.8 Å². The van der Waals surface area contributed by atoms with E-state index in [2.05, 4.69) is 5.32 Å². The third kappa shape index (κ3) is 3.86. The molecule has 3 amide bonds. The van der Waals surface area contributed by atoms with Gasteiger partial charge in [-0.2, -0.15) is 0 Å². The number of esters is 1. The van der Waals surface area contributed by atoms with Crippen LogP contribution >= 0.6 is 0 Å². The van der Waals surface area contributed by atoms with Crippen molar-refractivity contribution in [1.82, 2.24) is 4.90 Å². The van der Waals surface area contributed by atoms with Gasteiger partial charge in [-0.05, 0) is 60.4 Å². The number of rotatable bonds is 6. The van der Waals surface area contributed by atoms with E-state index in [0.717, 1.165) is 27.2 Å². The van der Waals surface area contributed by atoms with Crippen LogP contribution < -0.4 is 5.32 Å². The van der Waals surface area contributed by atoms with Gasteiger partial charge in [0.15, 0.2) is 12.4 Å². The number of likely N-dealkylation sites (tertiary alicyclic amines) is 1. The van der Waals surface area contributed by atoms with E-state index in [-0.39, 0.29) is 29.4 Å². The summed E-state index contributed by atoms with van der Waals surface area (Å²) in [5, 5.41) is 2.60. The van der Waals surface area contributed by atoms with Crippen molar-refractivity contribution in [1.29, 1.82) is 0 Å². The number of hydrogen-bond donors (Lipinski definition) is 1. The van der Waals surface area contributed by atoms with Crippen molar-refractivity contribution in [2.45, 2.75) is 31.7 Å². The summed E-state index contributed by atoms with van der Waals surface area (Å²) in [5.41, 5.74) is 5.15. The summed E-state index contributed by atoms with van der Waals surface area (Å²) >= 11 is 0. The van der Waals surface area contributed by atoms with Gasteiger partial charge in [0, 0.05) is 23.1 Å². The Morgan fingerprint density at radius 3 is 1.69 bits per heavy atom. The van der Waals surface area contributed by atoms with E-state index in [4.69, 9.17) is 4.74 Å². The van der Waals surface area contributed by atoms with Crippen molar-refractivity contribution >= 4 is 35.2 Å². The van der Waals surface area contributed by atoms with Crippen molar-refractivity contribution in [3.05, 3.63) is 101 Å². The van der Waals surface area contributed by atoms with Gasteiger partial charge < -0.3 is 10.1 Å². The molecule has 196 valence electrons. The highest BCUT2D eigenvalue weighted by Gasteiger charge is 2.62. The van der Waals surface area contributed by atoms with Gasteiger partial charge in [0.25, 0.3) is 5.91 Å². The van der Waals surface area contributed by atoms with Crippen molar-refractivity contribution in [2.24, 2.45) is 11.8 Å². The fraction of sp³-hybridized carbons (Fsp3) is 0.258. The third-order valence-corrected chi connectivity index (χ3v) is 8.13. The number of amides is 3. The molecule has 3 aromatic rings. The minimum Gasteiger partial charge on any atom is -0.454 e. The van der Waals surface area contributed by atoms with Gasteiger partial charge in [-0.3, -0.25) is 24.1 Å². The van der Waals surface area contributed by atoms with E-state index < -0.39 is 36.4 Å². The van der Waals surface area contributed by atoms with Gasteiger partial charge in [-0.15, -0.1) is 0 Å². The second-order valence-corrected chi connectivity index (χ2v) is 10.3. The lowest BCUT2D eigenvalue weighted by Crippen LogP contribution is -2.45. The summed E-state index contributed by atoms with van der Waals surface area (Å²) in [5.74, 6) is -4.00. The molecule has 3 aromatic carbocycles. The largest absolute Gasteiger partial charge is 0.454 e. The van der Waals surface area contributed by atoms with Crippen LogP contribution in [0.15, 0.2) is 72.8 Å². The number of ketones is 1. The number of anilines is 1. The molecule has 3 aliphatic carbocycles. The first-order valence-corrected chi connectivity index (χ1v) is 12.9. The Hall–Kier alpha value is -4.59. The minimum atomic E-state index is -1.18. The van der Waals surface area contributed by atoms with Gasteiger partial charge >= 0.3 is 5.97 Å². The molecule has 8 heteroatoms. The topological polar surface area (TPSA) is 110 Å². The van der Waals surface area contributed by atoms with Gasteiger partial charge in [-0.1, -0.05) is 48.5 Å². The Labute approximate surface area is 225 Å². The van der Waals surface area contributed by atoms with Crippen LogP contribution in [0.3, 0.4) is 0 Å². The zero-order valence-electron chi connectivity index (χ0n) is 21.4. The molecule has 3 atom stereocenters. The smallest absolute Gasteiger partial charge is 0.329 e. The molecule has 0 radical (unpaired) electrons. The maximum absolute atomic E-state index is 13.8. The second kappa shape index (κ2) is 9.31. The van der Waals surface area contributed by atoms with E-state index >= 15 is 0 Å². The molecule has 2 bridgehead atoms. The first kappa shape index (κ1) is 24.7. The number of Topliss-reactive ketones (excluding diaryl/α,β-unsaturated/α-hetero) is 1. The molecule has 0 spiro atoms. The lowest BCUT2D eigenvalue weighted by atomic mass is 9.55. The highest BCUT2D eigenvalue weighted by Crippen LogP contribution is 2.61. The number of hydrogen-bond acceptors (Lipinski definition) is 6. The Morgan fingerprint density at radius 1 is 0.795 bits per heavy atom. The quantitative estimate of drug-likeness (QED) is 0.301. The maximum Gasteiger partial charge on any atom is 0.329 e. The number of benzene rings is 3. The molecule has 0 saturated carbocycles. The summed E-state index contributed by atoms with van der Waals surface area (Å²) in [4.78, 5) is 65.2. The lowest BCUT2D eigenvalue weighted by Gasteiger charge is -2.45. The fourth-order valence-corrected chi connectivity index (χ4v) is 6.43. The number of carbonyl (C=O) groups is 5. The van der Waals surface area contributed by atoms with Crippen molar-refractivity contribution < 1.29 is 28.7 Å². The molecular formula is C31H26N2O6. The van der Waals surface area contributed by atoms with Crippen LogP contribution in [0.1, 0.15) is 58.3 Å². The van der Waals surface area contributed by atoms with Crippen molar-refractivity contribution in [3.63, 3.8) is 0 Å². The number of nitrogens with zero attached hydrogens (tertiary/aromatic N) is 1. The molecule has 0 aromatic heterocycles. The third-order valence-electron chi connectivity index (χ3n) is 8.13. The Morgan fingerprint density at radius 2 is 1.26 bits per heavy atom. The Bertz CT molecular complexity index is 1430. The zero-order valence-corrected chi connectivity index (χ0v) is 21.4. The second-order valence-electron chi connectivity index (χ2n) is 10.3. The molecule has 0 unspecified atom stereocenters. The zero-order chi connectivity index (χ0) is 27.4. The highest BCUT2D eigenvalue weighted by molar-refractivity contribution is 6.10. The van der Waals surface area contributed by atoms with Crippen LogP contribution in [0, 0.1) is 11.8 Å². The molecule has 39 heavy (non-hydrogen) atoms. The van der Waals surface area contributed by atoms with E-state index in [1.807, 2.05) is 48.5 Å². The maximum atomic E-state index is 13.8. The summed E-state index contributed by atoms with van der Waals surface area (Å²) in [7, 11) is 0. The van der Waals surface area contributed by atoms with Crippen LogP contribution in [0.4, 0.5) is 5.69 Å². The average molecular weight is 523 g/mol. The summed E-state index contributed by atoms with van der Waals surface area (Å²) < 4.78 is 5.20. The minimum absolute atomic E-state index is 0.0950. The molecule has 8 nitrogen and oxygen atoms in total. The predicted octanol–water partition coefficient (Wildman–Crippen LogP) is 3.65. The fourth-order valence-electron chi connectivity index (χ4n) is 6.43. The summed E-state index contributed by atoms with van der Waals surface area (Å²) in [6.45, 7) is 2.32. The first-order valence-electron chi connectivity index (χ1n) is 12.9. The van der Waals surface area contributed by atoms with Crippen LogP contribution in [0.25, 0.3) is 0 Å². The summed E-state index contributed by atoms with van der Waals surface area (Å²) in [6.07, 6.45) is 0. The molecule has 7 rings (SSSR count). The molecule has 1 heterocycles. The Kier molecular flexibility index (Phi) is 5.90. The van der Waals surface area contributed by atoms with Gasteiger partial charge in [0.1, 0.15) is 6.04 Å². The van der Waals surface area contributed by atoms with E-state index in [1.54, 1.807) is 24.3 Å². The number of imide groups is 1. The predicted molar refractivity (Wildman–Crippen MR) is 141 cm³/mol. The van der Waals surface area contributed by atoms with Gasteiger partial charge in [0.2, 0.25) is 11.8 Å². The molecular weight excluding hydrogens is 496 g/mol. The van der Waals surface area contributed by atoms with Crippen LogP contribution in [-0.4, -0.2) is 47.0 Å². The average Bonchev–Trinajstić information content (AvgIpc) is 3.21. The van der Waals surface area contributed by atoms with Crippen LogP contribution in [-0.2, 0) is 23.9 Å². The molecule has 1 aliphatic heterocycles. The monoisotopic (exact) mass is 522 g/mol. The van der Waals surface area contributed by atoms with Gasteiger partial charge in [0.05, 0.1) is 11.8 Å². The number of carbonyl (C=O) groups excluding carboxylic acids is 5. The number of nitrogens with one attached hydrogen (secondary N) is 1. The van der Waals surface area contributed by atoms with E-state index in [0.29, 0.717) is 11.3 Å². The molecule has 1 fully saturated rings. The summed E-state index contributed by atoms with van der Waals surface area (Å²) in [6, 6.07) is 21.0. The molecule has 1 N–H and O–H groups in total. The lowest BCUT2D eigenvalue weighted by molar-refractivity contribution is -0.159. The molecule has 1 saturated heterocycles. The standard InChI is InChI=1S/C31H26N2O6/c1-16(31(38)39-15-24(35)32-19-13-11-18(12-14-19)17(2)34)33-29(36)27-25-20-7-3-4-8-21(20)26(28(27)30(33)37)23-10-6-5-9-22(23)25/h3-14,16,25-28H,15H2,1-2H3,(H,32,35)/t16-,25?,26?,27+,28+/m0/s1. The van der Waals surface area contributed by atoms with Crippen LogP contribution in [0.5, 0.6) is 0 Å². The first-order chi connectivity index (χ1) is 18.8.